The van der Waals surface area contributed by atoms with Crippen molar-refractivity contribution in [3.63, 3.8) is 0 Å². The van der Waals surface area contributed by atoms with Crippen molar-refractivity contribution < 1.29 is 9.53 Å². The average molecular weight is 397 g/mol. The number of nitrogens with one attached hydrogen (secondary N) is 2. The maximum atomic E-state index is 11.8. The first-order chi connectivity index (χ1) is 13.5. The van der Waals surface area contributed by atoms with Crippen LogP contribution in [0.1, 0.15) is 34.6 Å². The molecule has 0 aliphatic heterocycles. The van der Waals surface area contributed by atoms with Gasteiger partial charge in [-0.2, -0.15) is 4.98 Å². The number of hydrogen-bond donors (Lipinski definition) is 2. The van der Waals surface area contributed by atoms with Crippen LogP contribution in [0.25, 0.3) is 0 Å². The number of aromatic nitrogens is 2. The predicted octanol–water partition coefficient (Wildman–Crippen LogP) is 5.14. The topological polar surface area (TPSA) is 76.1 Å². The maximum Gasteiger partial charge on any atom is 0.337 e. The zero-order valence-corrected chi connectivity index (χ0v) is 16.6. The Bertz CT molecular complexity index is 979. The van der Waals surface area contributed by atoms with Gasteiger partial charge in [-0.15, -0.1) is 0 Å². The van der Waals surface area contributed by atoms with E-state index in [0.29, 0.717) is 28.0 Å². The maximum absolute atomic E-state index is 11.8. The van der Waals surface area contributed by atoms with E-state index in [1.54, 1.807) is 24.3 Å². The van der Waals surface area contributed by atoms with Crippen LogP contribution >= 0.6 is 11.6 Å². The highest BCUT2D eigenvalue weighted by atomic mass is 35.5. The lowest BCUT2D eigenvalue weighted by molar-refractivity contribution is 0.0601. The van der Waals surface area contributed by atoms with Gasteiger partial charge in [0.2, 0.25) is 5.95 Å². The summed E-state index contributed by atoms with van der Waals surface area (Å²) in [5.41, 5.74) is 2.89. The minimum atomic E-state index is -0.433. The highest BCUT2D eigenvalue weighted by Gasteiger charge is 2.12. The summed E-state index contributed by atoms with van der Waals surface area (Å²) < 4.78 is 4.76. The normalized spacial score (nSPS) is 11.6. The van der Waals surface area contributed by atoms with Gasteiger partial charge in [0, 0.05) is 11.8 Å². The lowest BCUT2D eigenvalue weighted by atomic mass is 10.1. The first-order valence-electron chi connectivity index (χ1n) is 8.78. The van der Waals surface area contributed by atoms with E-state index in [-0.39, 0.29) is 6.04 Å². The zero-order valence-electron chi connectivity index (χ0n) is 15.9. The summed E-state index contributed by atoms with van der Waals surface area (Å²) in [7, 11) is 1.34. The molecule has 0 bridgehead atoms. The van der Waals surface area contributed by atoms with E-state index in [1.165, 1.54) is 7.11 Å². The molecule has 7 heteroatoms. The summed E-state index contributed by atoms with van der Waals surface area (Å²) in [4.78, 5) is 20.7. The zero-order chi connectivity index (χ0) is 20.1. The SMILES string of the molecule is COC(=O)c1ccc(Cl)c(Nc2cc(C)nc(NC(C)c3ccccc3)n2)c1. The van der Waals surface area contributed by atoms with Gasteiger partial charge in [0.1, 0.15) is 5.82 Å². The Labute approximate surface area is 168 Å². The van der Waals surface area contributed by atoms with Crippen LogP contribution in [0, 0.1) is 6.92 Å². The number of rotatable bonds is 6. The number of methoxy groups -OCH3 is 1. The molecule has 6 nitrogen and oxygen atoms in total. The molecule has 2 N–H and O–H groups in total. The predicted molar refractivity (Wildman–Crippen MR) is 111 cm³/mol. The molecule has 0 spiro atoms. The fourth-order valence-electron chi connectivity index (χ4n) is 2.72. The lowest BCUT2D eigenvalue weighted by Gasteiger charge is -2.16. The summed E-state index contributed by atoms with van der Waals surface area (Å²) in [5, 5.41) is 6.93. The summed E-state index contributed by atoms with van der Waals surface area (Å²) in [6.07, 6.45) is 0. The first-order valence-corrected chi connectivity index (χ1v) is 9.16. The van der Waals surface area contributed by atoms with Crippen molar-refractivity contribution >= 4 is 35.0 Å². The Morgan fingerprint density at radius 3 is 2.57 bits per heavy atom. The van der Waals surface area contributed by atoms with E-state index in [0.717, 1.165) is 11.3 Å². The highest BCUT2D eigenvalue weighted by molar-refractivity contribution is 6.33. The summed E-state index contributed by atoms with van der Waals surface area (Å²) in [5.74, 6) is 0.635. The number of carbonyl (C=O) groups is 1. The van der Waals surface area contributed by atoms with Gasteiger partial charge in [-0.1, -0.05) is 41.9 Å². The van der Waals surface area contributed by atoms with Gasteiger partial charge in [-0.05, 0) is 37.6 Å². The Hall–Kier alpha value is -3.12. The van der Waals surface area contributed by atoms with Gasteiger partial charge in [0.25, 0.3) is 0 Å². The van der Waals surface area contributed by atoms with E-state index < -0.39 is 5.97 Å². The monoisotopic (exact) mass is 396 g/mol. The molecule has 0 saturated heterocycles. The molecule has 2 aromatic carbocycles. The third kappa shape index (κ3) is 4.78. The standard InChI is InChI=1S/C21H21ClN4O2/c1-13-11-19(25-18-12-16(20(27)28-3)9-10-17(18)22)26-21(23-13)24-14(2)15-7-5-4-6-8-15/h4-12,14H,1-3H3,(H2,23,24,25,26). The third-order valence-electron chi connectivity index (χ3n) is 4.15. The number of ether oxygens (including phenoxy) is 1. The van der Waals surface area contributed by atoms with Crippen LogP contribution in [0.4, 0.5) is 17.5 Å². The molecular weight excluding hydrogens is 376 g/mol. The second kappa shape index (κ2) is 8.71. The fraction of sp³-hybridized carbons (Fsp3) is 0.190. The molecule has 28 heavy (non-hydrogen) atoms. The first kappa shape index (κ1) is 19.6. The minimum Gasteiger partial charge on any atom is -0.465 e. The fourth-order valence-corrected chi connectivity index (χ4v) is 2.88. The highest BCUT2D eigenvalue weighted by Crippen LogP contribution is 2.27. The number of aryl methyl sites for hydroxylation is 1. The van der Waals surface area contributed by atoms with Crippen LogP contribution in [-0.4, -0.2) is 23.0 Å². The van der Waals surface area contributed by atoms with Crippen molar-refractivity contribution in [1.29, 1.82) is 0 Å². The van der Waals surface area contributed by atoms with Crippen LogP contribution in [0.3, 0.4) is 0 Å². The molecule has 0 aliphatic rings. The molecule has 0 aliphatic carbocycles. The van der Waals surface area contributed by atoms with Crippen molar-refractivity contribution in [3.05, 3.63) is 76.4 Å². The van der Waals surface area contributed by atoms with Crippen molar-refractivity contribution in [1.82, 2.24) is 9.97 Å². The lowest BCUT2D eigenvalue weighted by Crippen LogP contribution is -2.11. The number of anilines is 3. The number of carbonyl (C=O) groups excluding carboxylic acids is 1. The number of nitrogens with zero attached hydrogens (tertiary/aromatic N) is 2. The molecule has 0 amide bonds. The quantitative estimate of drug-likeness (QED) is 0.562. The summed E-state index contributed by atoms with van der Waals surface area (Å²) in [6, 6.07) is 16.8. The Morgan fingerprint density at radius 1 is 1.11 bits per heavy atom. The van der Waals surface area contributed by atoms with Crippen molar-refractivity contribution in [3.8, 4) is 0 Å². The third-order valence-corrected chi connectivity index (χ3v) is 4.48. The van der Waals surface area contributed by atoms with Crippen molar-refractivity contribution in [2.45, 2.75) is 19.9 Å². The van der Waals surface area contributed by atoms with E-state index in [2.05, 4.69) is 20.6 Å². The van der Waals surface area contributed by atoms with E-state index in [1.807, 2.05) is 44.2 Å². The van der Waals surface area contributed by atoms with Crippen LogP contribution < -0.4 is 10.6 Å². The molecule has 0 radical (unpaired) electrons. The summed E-state index contributed by atoms with van der Waals surface area (Å²) >= 11 is 6.26. The van der Waals surface area contributed by atoms with Crippen LogP contribution in [-0.2, 0) is 4.74 Å². The van der Waals surface area contributed by atoms with Gasteiger partial charge in [-0.3, -0.25) is 0 Å². The smallest absolute Gasteiger partial charge is 0.337 e. The Morgan fingerprint density at radius 2 is 1.86 bits per heavy atom. The van der Waals surface area contributed by atoms with E-state index in [4.69, 9.17) is 16.3 Å². The molecule has 144 valence electrons. The molecule has 1 aromatic heterocycles. The average Bonchev–Trinajstić information content (AvgIpc) is 2.69. The Kier molecular flexibility index (Phi) is 6.11. The van der Waals surface area contributed by atoms with Crippen molar-refractivity contribution in [2.24, 2.45) is 0 Å². The molecule has 1 heterocycles. The number of hydrogen-bond acceptors (Lipinski definition) is 6. The number of halogens is 1. The molecule has 3 rings (SSSR count). The summed E-state index contributed by atoms with van der Waals surface area (Å²) in [6.45, 7) is 3.93. The van der Waals surface area contributed by atoms with Gasteiger partial charge in [0.15, 0.2) is 0 Å². The molecular formula is C21H21ClN4O2. The van der Waals surface area contributed by atoms with E-state index >= 15 is 0 Å². The van der Waals surface area contributed by atoms with Crippen molar-refractivity contribution in [2.75, 3.05) is 17.7 Å². The largest absolute Gasteiger partial charge is 0.465 e. The van der Waals surface area contributed by atoms with Crippen LogP contribution in [0.15, 0.2) is 54.6 Å². The Balaban J connectivity index is 1.83. The second-order valence-electron chi connectivity index (χ2n) is 6.31. The van der Waals surface area contributed by atoms with Crippen LogP contribution in [0.5, 0.6) is 0 Å². The van der Waals surface area contributed by atoms with Gasteiger partial charge >= 0.3 is 5.97 Å². The molecule has 1 atom stereocenters. The van der Waals surface area contributed by atoms with Gasteiger partial charge in [0.05, 0.1) is 29.4 Å². The van der Waals surface area contributed by atoms with E-state index in [9.17, 15) is 4.79 Å². The minimum absolute atomic E-state index is 0.0436. The number of benzene rings is 2. The van der Waals surface area contributed by atoms with Gasteiger partial charge < -0.3 is 15.4 Å². The molecule has 0 saturated carbocycles. The second-order valence-corrected chi connectivity index (χ2v) is 6.71. The number of esters is 1. The molecule has 1 unspecified atom stereocenters. The van der Waals surface area contributed by atoms with Gasteiger partial charge in [-0.25, -0.2) is 9.78 Å². The van der Waals surface area contributed by atoms with Crippen LogP contribution in [0.2, 0.25) is 5.02 Å². The molecule has 0 fully saturated rings. The molecule has 3 aromatic rings.